The van der Waals surface area contributed by atoms with Gasteiger partial charge >= 0.3 is 0 Å². The van der Waals surface area contributed by atoms with Gasteiger partial charge in [-0.15, -0.1) is 0 Å². The summed E-state index contributed by atoms with van der Waals surface area (Å²) in [7, 11) is 1.92. The molecule has 3 heterocycles. The minimum Gasteiger partial charge on any atom is -0.346 e. The second-order valence-corrected chi connectivity index (χ2v) is 5.59. The van der Waals surface area contributed by atoms with Gasteiger partial charge < -0.3 is 4.98 Å². The Morgan fingerprint density at radius 1 is 1.00 bits per heavy atom. The van der Waals surface area contributed by atoms with Gasteiger partial charge in [0.2, 0.25) is 0 Å². The van der Waals surface area contributed by atoms with E-state index in [0.29, 0.717) is 0 Å². The number of fused-ring (bicyclic) bond motifs is 1. The molecule has 0 amide bonds. The van der Waals surface area contributed by atoms with Crippen LogP contribution in [0.2, 0.25) is 0 Å². The maximum absolute atomic E-state index is 4.54. The summed E-state index contributed by atoms with van der Waals surface area (Å²) in [5.74, 6) is 0. The molecule has 4 aromatic rings. The smallest absolute Gasteiger partial charge is 0.137 e. The highest BCUT2D eigenvalue weighted by Gasteiger charge is 2.09. The Labute approximate surface area is 128 Å². The van der Waals surface area contributed by atoms with Gasteiger partial charge in [-0.2, -0.15) is 5.10 Å². The van der Waals surface area contributed by atoms with E-state index in [2.05, 4.69) is 52.3 Å². The van der Waals surface area contributed by atoms with Crippen LogP contribution in [0.4, 0.5) is 0 Å². The van der Waals surface area contributed by atoms with Gasteiger partial charge in [0.25, 0.3) is 0 Å². The topological polar surface area (TPSA) is 46.5 Å². The molecule has 1 N–H and O–H groups in total. The molecular formula is C18H16N4. The first-order valence-electron chi connectivity index (χ1n) is 7.24. The van der Waals surface area contributed by atoms with Gasteiger partial charge in [0.1, 0.15) is 5.65 Å². The van der Waals surface area contributed by atoms with Crippen LogP contribution in [0, 0.1) is 6.92 Å². The van der Waals surface area contributed by atoms with E-state index in [1.807, 2.05) is 31.8 Å². The minimum absolute atomic E-state index is 0.906. The van der Waals surface area contributed by atoms with Crippen molar-refractivity contribution in [1.82, 2.24) is 19.7 Å². The molecule has 3 aromatic heterocycles. The van der Waals surface area contributed by atoms with E-state index < -0.39 is 0 Å². The fraction of sp³-hybridized carbons (Fsp3) is 0.111. The number of nitrogens with one attached hydrogen (secondary N) is 1. The van der Waals surface area contributed by atoms with E-state index in [1.54, 1.807) is 4.68 Å². The van der Waals surface area contributed by atoms with Crippen molar-refractivity contribution in [3.8, 4) is 22.3 Å². The van der Waals surface area contributed by atoms with Crippen molar-refractivity contribution in [3.63, 3.8) is 0 Å². The first-order chi connectivity index (χ1) is 10.7. The Hall–Kier alpha value is -2.88. The Kier molecular flexibility index (Phi) is 2.82. The summed E-state index contributed by atoms with van der Waals surface area (Å²) >= 11 is 0. The van der Waals surface area contributed by atoms with Crippen LogP contribution in [-0.4, -0.2) is 19.7 Å². The molecule has 0 bridgehead atoms. The molecule has 0 fully saturated rings. The number of hydrogen-bond donors (Lipinski definition) is 1. The number of aromatic amines is 1. The molecule has 108 valence electrons. The third-order valence-electron chi connectivity index (χ3n) is 3.93. The summed E-state index contributed by atoms with van der Waals surface area (Å²) in [5.41, 5.74) is 6.69. The molecule has 0 unspecified atom stereocenters. The summed E-state index contributed by atoms with van der Waals surface area (Å²) in [6.07, 6.45) is 7.77. The first-order valence-corrected chi connectivity index (χ1v) is 7.24. The lowest BCUT2D eigenvalue weighted by molar-refractivity contribution is 0.768. The van der Waals surface area contributed by atoms with Crippen molar-refractivity contribution >= 4 is 11.0 Å². The standard InChI is InChI=1S/C18H16N4/c1-12-3-5-13(6-4-12)17-10-20-18-16(17)7-14(8-19-18)15-9-21-22(2)11-15/h3-11H,1-2H3,(H,19,20). The predicted octanol–water partition coefficient (Wildman–Crippen LogP) is 3.94. The van der Waals surface area contributed by atoms with Gasteiger partial charge in [-0.25, -0.2) is 4.98 Å². The Balaban J connectivity index is 1.88. The van der Waals surface area contributed by atoms with E-state index >= 15 is 0 Å². The molecule has 0 aliphatic heterocycles. The zero-order valence-electron chi connectivity index (χ0n) is 12.5. The van der Waals surface area contributed by atoms with Crippen LogP contribution < -0.4 is 0 Å². The molecule has 0 atom stereocenters. The molecule has 0 aliphatic carbocycles. The molecule has 4 rings (SSSR count). The quantitative estimate of drug-likeness (QED) is 0.607. The number of nitrogens with zero attached hydrogens (tertiary/aromatic N) is 3. The lowest BCUT2D eigenvalue weighted by Crippen LogP contribution is -1.84. The van der Waals surface area contributed by atoms with Crippen molar-refractivity contribution in [3.05, 3.63) is 60.7 Å². The van der Waals surface area contributed by atoms with E-state index in [-0.39, 0.29) is 0 Å². The van der Waals surface area contributed by atoms with Gasteiger partial charge in [-0.3, -0.25) is 4.68 Å². The Morgan fingerprint density at radius 3 is 2.55 bits per heavy atom. The van der Waals surface area contributed by atoms with Crippen LogP contribution in [-0.2, 0) is 7.05 Å². The average molecular weight is 288 g/mol. The third-order valence-corrected chi connectivity index (χ3v) is 3.93. The van der Waals surface area contributed by atoms with Crippen LogP contribution >= 0.6 is 0 Å². The van der Waals surface area contributed by atoms with Crippen LogP contribution in [0.1, 0.15) is 5.56 Å². The molecule has 0 spiro atoms. The molecule has 4 heteroatoms. The molecule has 22 heavy (non-hydrogen) atoms. The minimum atomic E-state index is 0.906. The van der Waals surface area contributed by atoms with Gasteiger partial charge in [0.05, 0.1) is 6.20 Å². The number of H-pyrrole nitrogens is 1. The maximum Gasteiger partial charge on any atom is 0.137 e. The summed E-state index contributed by atoms with van der Waals surface area (Å²) < 4.78 is 1.80. The monoisotopic (exact) mass is 288 g/mol. The zero-order chi connectivity index (χ0) is 15.1. The van der Waals surface area contributed by atoms with Gasteiger partial charge in [-0.05, 0) is 18.6 Å². The number of rotatable bonds is 2. The number of benzene rings is 1. The van der Waals surface area contributed by atoms with Crippen molar-refractivity contribution in [2.24, 2.45) is 7.05 Å². The lowest BCUT2D eigenvalue weighted by Gasteiger charge is -2.02. The zero-order valence-corrected chi connectivity index (χ0v) is 12.5. The molecule has 0 saturated carbocycles. The summed E-state index contributed by atoms with van der Waals surface area (Å²) in [6, 6.07) is 10.7. The van der Waals surface area contributed by atoms with Crippen LogP contribution in [0.5, 0.6) is 0 Å². The highest BCUT2D eigenvalue weighted by Crippen LogP contribution is 2.30. The Morgan fingerprint density at radius 2 is 1.82 bits per heavy atom. The van der Waals surface area contributed by atoms with E-state index in [0.717, 1.165) is 22.2 Å². The van der Waals surface area contributed by atoms with Crippen LogP contribution in [0.15, 0.2) is 55.1 Å². The number of aryl methyl sites for hydroxylation is 2. The first kappa shape index (κ1) is 12.8. The van der Waals surface area contributed by atoms with Crippen molar-refractivity contribution in [2.45, 2.75) is 6.92 Å². The van der Waals surface area contributed by atoms with Crippen molar-refractivity contribution < 1.29 is 0 Å². The largest absolute Gasteiger partial charge is 0.346 e. The normalized spacial score (nSPS) is 11.2. The van der Waals surface area contributed by atoms with Gasteiger partial charge in [-0.1, -0.05) is 29.8 Å². The van der Waals surface area contributed by atoms with Crippen LogP contribution in [0.25, 0.3) is 33.3 Å². The van der Waals surface area contributed by atoms with E-state index in [4.69, 9.17) is 0 Å². The van der Waals surface area contributed by atoms with Crippen molar-refractivity contribution in [2.75, 3.05) is 0 Å². The van der Waals surface area contributed by atoms with Crippen molar-refractivity contribution in [1.29, 1.82) is 0 Å². The molecular weight excluding hydrogens is 272 g/mol. The maximum atomic E-state index is 4.54. The SMILES string of the molecule is Cc1ccc(-c2c[nH]c3ncc(-c4cnn(C)c4)cc23)cc1. The molecule has 0 saturated heterocycles. The second kappa shape index (κ2) is 4.84. The lowest BCUT2D eigenvalue weighted by atomic mass is 10.0. The molecule has 1 aromatic carbocycles. The molecule has 0 aliphatic rings. The fourth-order valence-corrected chi connectivity index (χ4v) is 2.70. The highest BCUT2D eigenvalue weighted by atomic mass is 15.2. The molecule has 4 nitrogen and oxygen atoms in total. The number of hydrogen-bond acceptors (Lipinski definition) is 2. The summed E-state index contributed by atoms with van der Waals surface area (Å²) in [4.78, 5) is 7.79. The van der Waals surface area contributed by atoms with E-state index in [1.165, 1.54) is 16.7 Å². The Bertz CT molecular complexity index is 945. The van der Waals surface area contributed by atoms with E-state index in [9.17, 15) is 0 Å². The third kappa shape index (κ3) is 2.09. The average Bonchev–Trinajstić information content (AvgIpc) is 3.14. The van der Waals surface area contributed by atoms with Gasteiger partial charge in [0, 0.05) is 47.7 Å². The summed E-state index contributed by atoms with van der Waals surface area (Å²) in [5, 5.41) is 5.36. The van der Waals surface area contributed by atoms with Gasteiger partial charge in [0.15, 0.2) is 0 Å². The molecule has 0 radical (unpaired) electrons. The highest BCUT2D eigenvalue weighted by molar-refractivity contribution is 5.95. The predicted molar refractivity (Wildman–Crippen MR) is 88.5 cm³/mol. The fourth-order valence-electron chi connectivity index (χ4n) is 2.70. The number of aromatic nitrogens is 4. The summed E-state index contributed by atoms with van der Waals surface area (Å²) in [6.45, 7) is 2.10. The second-order valence-electron chi connectivity index (χ2n) is 5.59. The van der Waals surface area contributed by atoms with Crippen LogP contribution in [0.3, 0.4) is 0 Å². The number of pyridine rings is 1.